The molecule has 0 fully saturated rings. The van der Waals surface area contributed by atoms with Gasteiger partial charge < -0.3 is 15.2 Å². The molecule has 0 saturated heterocycles. The second kappa shape index (κ2) is 6.50. The zero-order valence-corrected chi connectivity index (χ0v) is 11.2. The van der Waals surface area contributed by atoms with Crippen molar-refractivity contribution in [3.05, 3.63) is 23.8 Å². The fourth-order valence-electron chi connectivity index (χ4n) is 1.61. The van der Waals surface area contributed by atoms with Gasteiger partial charge in [0.2, 0.25) is 0 Å². The third-order valence-electron chi connectivity index (χ3n) is 2.69. The molecular formula is C14H23NO2. The summed E-state index contributed by atoms with van der Waals surface area (Å²) < 4.78 is 11.1. The molecule has 2 unspecified atom stereocenters. The van der Waals surface area contributed by atoms with E-state index >= 15 is 0 Å². The van der Waals surface area contributed by atoms with E-state index in [4.69, 9.17) is 15.2 Å². The molecule has 1 rings (SSSR count). The summed E-state index contributed by atoms with van der Waals surface area (Å²) in [4.78, 5) is 0. The molecule has 0 bridgehead atoms. The van der Waals surface area contributed by atoms with Gasteiger partial charge in [0, 0.05) is 6.04 Å². The van der Waals surface area contributed by atoms with Crippen molar-refractivity contribution in [3.8, 4) is 11.5 Å². The Morgan fingerprint density at radius 2 is 1.94 bits per heavy atom. The van der Waals surface area contributed by atoms with Crippen LogP contribution in [-0.4, -0.2) is 19.3 Å². The first-order valence-corrected chi connectivity index (χ1v) is 6.16. The molecule has 0 spiro atoms. The number of hydrogen-bond donors (Lipinski definition) is 1. The summed E-state index contributed by atoms with van der Waals surface area (Å²) in [5, 5.41) is 0. The van der Waals surface area contributed by atoms with Crippen LogP contribution in [-0.2, 0) is 6.42 Å². The average Bonchev–Trinajstić information content (AvgIpc) is 2.30. The van der Waals surface area contributed by atoms with Gasteiger partial charge in [-0.25, -0.2) is 0 Å². The minimum atomic E-state index is 0.154. The Bertz CT molecular complexity index is 350. The third-order valence-corrected chi connectivity index (χ3v) is 2.69. The van der Waals surface area contributed by atoms with Crippen LogP contribution in [0.4, 0.5) is 0 Å². The minimum absolute atomic E-state index is 0.154. The van der Waals surface area contributed by atoms with Gasteiger partial charge in [0.25, 0.3) is 0 Å². The first kappa shape index (κ1) is 13.8. The van der Waals surface area contributed by atoms with Crippen molar-refractivity contribution in [1.82, 2.24) is 0 Å². The van der Waals surface area contributed by atoms with Crippen molar-refractivity contribution >= 4 is 0 Å². The van der Waals surface area contributed by atoms with Crippen LogP contribution < -0.4 is 15.2 Å². The molecule has 1 aromatic carbocycles. The summed E-state index contributed by atoms with van der Waals surface area (Å²) in [5.41, 5.74) is 6.96. The summed E-state index contributed by atoms with van der Waals surface area (Å²) in [7, 11) is 1.66. The lowest BCUT2D eigenvalue weighted by molar-refractivity contribution is 0.207. The molecule has 17 heavy (non-hydrogen) atoms. The predicted octanol–water partition coefficient (Wildman–Crippen LogP) is 2.76. The first-order valence-electron chi connectivity index (χ1n) is 6.16. The van der Waals surface area contributed by atoms with E-state index in [0.29, 0.717) is 0 Å². The van der Waals surface area contributed by atoms with Crippen LogP contribution in [0, 0.1) is 0 Å². The van der Waals surface area contributed by atoms with Gasteiger partial charge in [0.15, 0.2) is 11.5 Å². The van der Waals surface area contributed by atoms with Crippen LogP contribution in [0.2, 0.25) is 0 Å². The minimum Gasteiger partial charge on any atom is -0.493 e. The number of ether oxygens (including phenoxy) is 2. The second-order valence-electron chi connectivity index (χ2n) is 4.50. The molecule has 3 heteroatoms. The van der Waals surface area contributed by atoms with Gasteiger partial charge in [-0.15, -0.1) is 0 Å². The molecule has 0 saturated carbocycles. The monoisotopic (exact) mass is 237 g/mol. The lowest BCUT2D eigenvalue weighted by Gasteiger charge is -2.16. The molecule has 3 nitrogen and oxygen atoms in total. The number of hydrogen-bond acceptors (Lipinski definition) is 3. The van der Waals surface area contributed by atoms with Crippen molar-refractivity contribution in [1.29, 1.82) is 0 Å². The van der Waals surface area contributed by atoms with Gasteiger partial charge in [-0.3, -0.25) is 0 Å². The Balaban J connectivity index is 2.85. The molecule has 0 heterocycles. The maximum Gasteiger partial charge on any atom is 0.161 e. The summed E-state index contributed by atoms with van der Waals surface area (Å²) in [5.74, 6) is 1.58. The lowest BCUT2D eigenvalue weighted by atomic mass is 10.1. The Hall–Kier alpha value is -1.22. The smallest absolute Gasteiger partial charge is 0.161 e. The molecule has 0 aliphatic carbocycles. The number of nitrogens with two attached hydrogens (primary N) is 1. The van der Waals surface area contributed by atoms with E-state index < -0.39 is 0 Å². The van der Waals surface area contributed by atoms with Crippen LogP contribution in [0.5, 0.6) is 11.5 Å². The molecule has 2 atom stereocenters. The fourth-order valence-corrected chi connectivity index (χ4v) is 1.61. The Morgan fingerprint density at radius 3 is 2.47 bits per heavy atom. The number of benzene rings is 1. The molecule has 0 radical (unpaired) electrons. The summed E-state index contributed by atoms with van der Waals surface area (Å²) in [6, 6.07) is 6.16. The van der Waals surface area contributed by atoms with Crippen LogP contribution in [0.3, 0.4) is 0 Å². The molecule has 0 aromatic heterocycles. The van der Waals surface area contributed by atoms with E-state index in [1.165, 1.54) is 5.56 Å². The molecule has 0 aliphatic heterocycles. The highest BCUT2D eigenvalue weighted by molar-refractivity contribution is 5.43. The summed E-state index contributed by atoms with van der Waals surface area (Å²) in [6.07, 6.45) is 2.02. The van der Waals surface area contributed by atoms with Crippen molar-refractivity contribution in [2.24, 2.45) is 5.73 Å². The van der Waals surface area contributed by atoms with Gasteiger partial charge in [-0.05, 0) is 44.4 Å². The topological polar surface area (TPSA) is 44.5 Å². The van der Waals surface area contributed by atoms with Gasteiger partial charge in [0.05, 0.1) is 13.2 Å². The van der Waals surface area contributed by atoms with E-state index in [2.05, 4.69) is 13.8 Å². The van der Waals surface area contributed by atoms with Crippen molar-refractivity contribution in [2.75, 3.05) is 7.11 Å². The summed E-state index contributed by atoms with van der Waals surface area (Å²) in [6.45, 7) is 6.15. The van der Waals surface area contributed by atoms with E-state index in [9.17, 15) is 0 Å². The molecule has 96 valence electrons. The average molecular weight is 237 g/mol. The van der Waals surface area contributed by atoms with Crippen LogP contribution in [0.1, 0.15) is 32.8 Å². The third kappa shape index (κ3) is 4.27. The SMILES string of the molecule is CCC(C)Oc1ccc(CC(C)N)cc1OC. The fraction of sp³-hybridized carbons (Fsp3) is 0.571. The zero-order valence-electron chi connectivity index (χ0n) is 11.2. The lowest BCUT2D eigenvalue weighted by Crippen LogP contribution is -2.17. The van der Waals surface area contributed by atoms with Crippen LogP contribution >= 0.6 is 0 Å². The second-order valence-corrected chi connectivity index (χ2v) is 4.50. The number of methoxy groups -OCH3 is 1. The van der Waals surface area contributed by atoms with Gasteiger partial charge in [0.1, 0.15) is 0 Å². The zero-order chi connectivity index (χ0) is 12.8. The van der Waals surface area contributed by atoms with E-state index in [1.54, 1.807) is 7.11 Å². The maximum atomic E-state index is 5.79. The normalized spacial score (nSPS) is 14.2. The van der Waals surface area contributed by atoms with Gasteiger partial charge in [-0.1, -0.05) is 13.0 Å². The molecule has 0 aliphatic rings. The van der Waals surface area contributed by atoms with Crippen LogP contribution in [0.15, 0.2) is 18.2 Å². The standard InChI is InChI=1S/C14H23NO2/c1-5-11(3)17-13-7-6-12(8-10(2)15)9-14(13)16-4/h6-7,9-11H,5,8,15H2,1-4H3. The van der Waals surface area contributed by atoms with E-state index in [0.717, 1.165) is 24.3 Å². The van der Waals surface area contributed by atoms with E-state index in [-0.39, 0.29) is 12.1 Å². The highest BCUT2D eigenvalue weighted by atomic mass is 16.5. The molecule has 2 N–H and O–H groups in total. The molecule has 1 aromatic rings. The largest absolute Gasteiger partial charge is 0.493 e. The van der Waals surface area contributed by atoms with Crippen molar-refractivity contribution < 1.29 is 9.47 Å². The predicted molar refractivity (Wildman–Crippen MR) is 70.7 cm³/mol. The van der Waals surface area contributed by atoms with Crippen molar-refractivity contribution in [3.63, 3.8) is 0 Å². The molecular weight excluding hydrogens is 214 g/mol. The highest BCUT2D eigenvalue weighted by Gasteiger charge is 2.09. The highest BCUT2D eigenvalue weighted by Crippen LogP contribution is 2.29. The quantitative estimate of drug-likeness (QED) is 0.827. The number of rotatable bonds is 6. The Morgan fingerprint density at radius 1 is 1.24 bits per heavy atom. The Kier molecular flexibility index (Phi) is 5.29. The Labute approximate surface area is 104 Å². The van der Waals surface area contributed by atoms with E-state index in [1.807, 2.05) is 25.1 Å². The van der Waals surface area contributed by atoms with Crippen LogP contribution in [0.25, 0.3) is 0 Å². The first-order chi connectivity index (χ1) is 8.06. The van der Waals surface area contributed by atoms with Gasteiger partial charge >= 0.3 is 0 Å². The molecule has 0 amide bonds. The summed E-state index contributed by atoms with van der Waals surface area (Å²) >= 11 is 0. The van der Waals surface area contributed by atoms with Gasteiger partial charge in [-0.2, -0.15) is 0 Å². The maximum absolute atomic E-state index is 5.79. The van der Waals surface area contributed by atoms with Crippen molar-refractivity contribution in [2.45, 2.75) is 45.8 Å².